The van der Waals surface area contributed by atoms with Crippen molar-refractivity contribution < 1.29 is 10.1 Å². The Hall–Kier alpha value is -0.160. The summed E-state index contributed by atoms with van der Waals surface area (Å²) in [6, 6.07) is 0. The third kappa shape index (κ3) is 3.49. The van der Waals surface area contributed by atoms with Gasteiger partial charge in [0.25, 0.3) is 0 Å². The molecule has 0 unspecified atom stereocenters. The Labute approximate surface area is 73.6 Å². The van der Waals surface area contributed by atoms with Gasteiger partial charge in [-0.15, -0.1) is 0 Å². The van der Waals surface area contributed by atoms with Crippen molar-refractivity contribution in [1.82, 2.24) is 9.80 Å². The van der Waals surface area contributed by atoms with Gasteiger partial charge in [-0.3, -0.25) is 5.26 Å². The number of nitrogens with zero attached hydrogens (tertiary/aromatic N) is 2. The number of hydrogen-bond acceptors (Lipinski definition) is 4. The molecule has 0 aliphatic carbocycles. The highest BCUT2D eigenvalue weighted by Crippen LogP contribution is 1.99. The molecule has 0 saturated carbocycles. The molecule has 1 fully saturated rings. The summed E-state index contributed by atoms with van der Waals surface area (Å²) in [5.41, 5.74) is 0. The van der Waals surface area contributed by atoms with Gasteiger partial charge < -0.3 is 9.80 Å². The van der Waals surface area contributed by atoms with Gasteiger partial charge in [0.1, 0.15) is 0 Å². The molecule has 4 nitrogen and oxygen atoms in total. The Morgan fingerprint density at radius 3 is 2.50 bits per heavy atom. The van der Waals surface area contributed by atoms with Crippen LogP contribution in [0.4, 0.5) is 0 Å². The van der Waals surface area contributed by atoms with E-state index < -0.39 is 0 Å². The van der Waals surface area contributed by atoms with E-state index in [1.165, 1.54) is 0 Å². The number of piperazine rings is 1. The molecule has 0 aromatic heterocycles. The lowest BCUT2D eigenvalue weighted by molar-refractivity contribution is -0.243. The predicted octanol–water partition coefficient (Wildman–Crippen LogP) is 0.114. The van der Waals surface area contributed by atoms with Crippen LogP contribution >= 0.6 is 0 Å². The van der Waals surface area contributed by atoms with Gasteiger partial charge >= 0.3 is 0 Å². The summed E-state index contributed by atoms with van der Waals surface area (Å²) in [5.74, 6) is 0. The van der Waals surface area contributed by atoms with E-state index in [0.717, 1.165) is 39.1 Å². The summed E-state index contributed by atoms with van der Waals surface area (Å²) in [4.78, 5) is 8.75. The first-order chi connectivity index (χ1) is 5.83. The average molecular weight is 174 g/mol. The van der Waals surface area contributed by atoms with Gasteiger partial charge in [0.05, 0.1) is 6.61 Å². The molecule has 1 rings (SSSR count). The minimum Gasteiger partial charge on any atom is -0.304 e. The summed E-state index contributed by atoms with van der Waals surface area (Å²) in [5, 5.41) is 8.11. The molecule has 0 bridgehead atoms. The summed E-state index contributed by atoms with van der Waals surface area (Å²) >= 11 is 0. The highest BCUT2D eigenvalue weighted by molar-refractivity contribution is 4.68. The maximum absolute atomic E-state index is 8.11. The molecule has 1 aliphatic heterocycles. The summed E-state index contributed by atoms with van der Waals surface area (Å²) in [7, 11) is 2.15. The van der Waals surface area contributed by atoms with Crippen LogP contribution in [-0.4, -0.2) is 61.4 Å². The van der Waals surface area contributed by atoms with Gasteiger partial charge in [-0.05, 0) is 13.5 Å². The van der Waals surface area contributed by atoms with Gasteiger partial charge in [0.2, 0.25) is 0 Å². The van der Waals surface area contributed by atoms with Crippen LogP contribution in [0.15, 0.2) is 0 Å². The van der Waals surface area contributed by atoms with Crippen LogP contribution in [0.5, 0.6) is 0 Å². The lowest BCUT2D eigenvalue weighted by atomic mass is 10.3. The van der Waals surface area contributed by atoms with Crippen molar-refractivity contribution in [1.29, 1.82) is 0 Å². The SMILES string of the molecule is CN1CCN(CCCOO)CC1. The van der Waals surface area contributed by atoms with Gasteiger partial charge in [-0.25, -0.2) is 4.89 Å². The Bertz CT molecular complexity index is 114. The largest absolute Gasteiger partial charge is 0.304 e. The molecule has 0 aromatic rings. The first-order valence-corrected chi connectivity index (χ1v) is 4.50. The van der Waals surface area contributed by atoms with Crippen LogP contribution in [0.2, 0.25) is 0 Å². The zero-order valence-electron chi connectivity index (χ0n) is 7.70. The highest BCUT2D eigenvalue weighted by Gasteiger charge is 2.12. The van der Waals surface area contributed by atoms with Crippen molar-refractivity contribution in [3.05, 3.63) is 0 Å². The quantitative estimate of drug-likeness (QED) is 0.373. The van der Waals surface area contributed by atoms with Crippen molar-refractivity contribution >= 4 is 0 Å². The smallest absolute Gasteiger partial charge is 0.0831 e. The summed E-state index contributed by atoms with van der Waals surface area (Å²) < 4.78 is 0. The zero-order chi connectivity index (χ0) is 8.81. The van der Waals surface area contributed by atoms with Crippen molar-refractivity contribution in [2.75, 3.05) is 46.4 Å². The maximum atomic E-state index is 8.11. The Morgan fingerprint density at radius 2 is 1.92 bits per heavy atom. The molecule has 1 N–H and O–H groups in total. The minimum absolute atomic E-state index is 0.451. The molecule has 1 aliphatic rings. The Balaban J connectivity index is 2.01. The average Bonchev–Trinajstić information content (AvgIpc) is 2.09. The topological polar surface area (TPSA) is 35.9 Å². The standard InChI is InChI=1S/C8H18N2O2/c1-9-4-6-10(7-5-9)3-2-8-12-11/h11H,2-8H2,1H3. The molecule has 72 valence electrons. The molecular weight excluding hydrogens is 156 g/mol. The van der Waals surface area contributed by atoms with Crippen molar-refractivity contribution in [3.63, 3.8) is 0 Å². The van der Waals surface area contributed by atoms with Crippen LogP contribution in [-0.2, 0) is 4.89 Å². The number of hydrogen-bond donors (Lipinski definition) is 1. The van der Waals surface area contributed by atoms with E-state index in [1.54, 1.807) is 0 Å². The summed E-state index contributed by atoms with van der Waals surface area (Å²) in [6.07, 6.45) is 0.917. The Kier molecular flexibility index (Phi) is 4.53. The van der Waals surface area contributed by atoms with E-state index in [9.17, 15) is 0 Å². The van der Waals surface area contributed by atoms with Crippen molar-refractivity contribution in [2.24, 2.45) is 0 Å². The molecule has 0 atom stereocenters. The minimum atomic E-state index is 0.451. The summed E-state index contributed by atoms with van der Waals surface area (Å²) in [6.45, 7) is 6.07. The van der Waals surface area contributed by atoms with Crippen molar-refractivity contribution in [3.8, 4) is 0 Å². The fraction of sp³-hybridized carbons (Fsp3) is 1.00. The van der Waals surface area contributed by atoms with E-state index in [4.69, 9.17) is 5.26 Å². The first kappa shape index (κ1) is 9.92. The Morgan fingerprint density at radius 1 is 1.25 bits per heavy atom. The van der Waals surface area contributed by atoms with Crippen LogP contribution in [0, 0.1) is 0 Å². The van der Waals surface area contributed by atoms with Crippen LogP contribution in [0.25, 0.3) is 0 Å². The van der Waals surface area contributed by atoms with Gasteiger partial charge in [-0.1, -0.05) is 0 Å². The normalized spacial score (nSPS) is 21.5. The zero-order valence-corrected chi connectivity index (χ0v) is 7.70. The second-order valence-corrected chi connectivity index (χ2v) is 3.33. The second kappa shape index (κ2) is 5.48. The molecule has 1 saturated heterocycles. The lowest BCUT2D eigenvalue weighted by Crippen LogP contribution is -2.44. The van der Waals surface area contributed by atoms with E-state index >= 15 is 0 Å². The molecule has 0 amide bonds. The third-order valence-electron chi connectivity index (χ3n) is 2.31. The molecular formula is C8H18N2O2. The first-order valence-electron chi connectivity index (χ1n) is 4.50. The predicted molar refractivity (Wildman–Crippen MR) is 47.1 cm³/mol. The van der Waals surface area contributed by atoms with Crippen LogP contribution in [0.1, 0.15) is 6.42 Å². The van der Waals surface area contributed by atoms with Crippen LogP contribution in [0.3, 0.4) is 0 Å². The van der Waals surface area contributed by atoms with Crippen LogP contribution < -0.4 is 0 Å². The van der Waals surface area contributed by atoms with Gasteiger partial charge in [-0.2, -0.15) is 0 Å². The molecule has 1 heterocycles. The van der Waals surface area contributed by atoms with Gasteiger partial charge in [0, 0.05) is 32.7 Å². The second-order valence-electron chi connectivity index (χ2n) is 3.33. The lowest BCUT2D eigenvalue weighted by Gasteiger charge is -2.32. The van der Waals surface area contributed by atoms with E-state index in [0.29, 0.717) is 6.61 Å². The van der Waals surface area contributed by atoms with E-state index in [2.05, 4.69) is 21.7 Å². The molecule has 0 spiro atoms. The highest BCUT2D eigenvalue weighted by atomic mass is 17.1. The van der Waals surface area contributed by atoms with Gasteiger partial charge in [0.15, 0.2) is 0 Å². The van der Waals surface area contributed by atoms with E-state index in [1.807, 2.05) is 0 Å². The molecule has 12 heavy (non-hydrogen) atoms. The van der Waals surface area contributed by atoms with Crippen molar-refractivity contribution in [2.45, 2.75) is 6.42 Å². The van der Waals surface area contributed by atoms with E-state index in [-0.39, 0.29) is 0 Å². The third-order valence-corrected chi connectivity index (χ3v) is 2.31. The fourth-order valence-electron chi connectivity index (χ4n) is 1.42. The number of rotatable bonds is 4. The number of likely N-dealkylation sites (N-methyl/N-ethyl adjacent to an activating group) is 1. The molecule has 0 aromatic carbocycles. The fourth-order valence-corrected chi connectivity index (χ4v) is 1.42. The monoisotopic (exact) mass is 174 g/mol. The molecule has 0 radical (unpaired) electrons. The molecule has 4 heteroatoms. The maximum Gasteiger partial charge on any atom is 0.0831 e.